The normalized spacial score (nSPS) is 14.2. The second kappa shape index (κ2) is 8.01. The molecule has 136 valence electrons. The van der Waals surface area contributed by atoms with Gasteiger partial charge in [-0.1, -0.05) is 30.3 Å². The summed E-state index contributed by atoms with van der Waals surface area (Å²) in [5.41, 5.74) is 1.48. The molecule has 0 radical (unpaired) electrons. The van der Waals surface area contributed by atoms with Gasteiger partial charge < -0.3 is 20.2 Å². The number of para-hydroxylation sites is 1. The Kier molecular flexibility index (Phi) is 5.53. The number of rotatable bonds is 5. The number of halogens is 1. The van der Waals surface area contributed by atoms with Crippen LogP contribution in [0.25, 0.3) is 11.0 Å². The molecule has 0 aliphatic heterocycles. The Balaban J connectivity index is 1.59. The number of furan rings is 1. The Morgan fingerprint density at radius 3 is 2.62 bits per heavy atom. The van der Waals surface area contributed by atoms with Crippen LogP contribution >= 0.6 is 0 Å². The molecule has 26 heavy (non-hydrogen) atoms. The Labute approximate surface area is 151 Å². The highest BCUT2D eigenvalue weighted by Gasteiger charge is 2.14. The fraction of sp³-hybridized carbons (Fsp3) is 0.250. The maximum absolute atomic E-state index is 13.0. The molecule has 0 saturated heterocycles. The second-order valence-electron chi connectivity index (χ2n) is 6.07. The molecule has 2 atom stereocenters. The lowest BCUT2D eigenvalue weighted by atomic mass is 10.1. The maximum Gasteiger partial charge on any atom is 0.191 e. The van der Waals surface area contributed by atoms with Crippen molar-refractivity contribution >= 4 is 16.9 Å². The van der Waals surface area contributed by atoms with Gasteiger partial charge in [0.1, 0.15) is 17.2 Å². The third kappa shape index (κ3) is 4.21. The van der Waals surface area contributed by atoms with E-state index in [0.29, 0.717) is 11.5 Å². The smallest absolute Gasteiger partial charge is 0.191 e. The van der Waals surface area contributed by atoms with Gasteiger partial charge in [-0.3, -0.25) is 4.99 Å². The second-order valence-corrected chi connectivity index (χ2v) is 6.07. The van der Waals surface area contributed by atoms with Crippen LogP contribution in [0.2, 0.25) is 0 Å². The van der Waals surface area contributed by atoms with E-state index in [1.54, 1.807) is 19.2 Å². The topological polar surface area (TPSA) is 69.8 Å². The SMILES string of the molecule is CN=C(NCC(O)c1ccc(F)cc1)NC(C)c1cc2ccccc2o1. The minimum atomic E-state index is -0.768. The van der Waals surface area contributed by atoms with Crippen molar-refractivity contribution in [3.8, 4) is 0 Å². The molecular formula is C20H22FN3O2. The summed E-state index contributed by atoms with van der Waals surface area (Å²) < 4.78 is 18.8. The number of aliphatic imine (C=N–C) groups is 1. The van der Waals surface area contributed by atoms with Crippen molar-refractivity contribution in [1.29, 1.82) is 0 Å². The molecule has 3 N–H and O–H groups in total. The molecule has 0 spiro atoms. The molecule has 1 heterocycles. The predicted molar refractivity (Wildman–Crippen MR) is 100 cm³/mol. The van der Waals surface area contributed by atoms with E-state index >= 15 is 0 Å². The number of aliphatic hydroxyl groups is 1. The molecular weight excluding hydrogens is 333 g/mol. The average molecular weight is 355 g/mol. The number of hydrogen-bond donors (Lipinski definition) is 3. The lowest BCUT2D eigenvalue weighted by Gasteiger charge is -2.18. The summed E-state index contributed by atoms with van der Waals surface area (Å²) in [6, 6.07) is 15.5. The molecule has 3 aromatic rings. The largest absolute Gasteiger partial charge is 0.459 e. The van der Waals surface area contributed by atoms with Crippen LogP contribution in [0, 0.1) is 5.82 Å². The first-order valence-corrected chi connectivity index (χ1v) is 8.46. The van der Waals surface area contributed by atoms with Crippen LogP contribution < -0.4 is 10.6 Å². The average Bonchev–Trinajstić information content (AvgIpc) is 3.09. The monoisotopic (exact) mass is 355 g/mol. The molecule has 0 aliphatic rings. The summed E-state index contributed by atoms with van der Waals surface area (Å²) in [7, 11) is 1.66. The van der Waals surface area contributed by atoms with Crippen LogP contribution in [0.1, 0.15) is 30.4 Å². The first kappa shape index (κ1) is 17.9. The van der Waals surface area contributed by atoms with Gasteiger partial charge in [0.05, 0.1) is 12.1 Å². The van der Waals surface area contributed by atoms with Crippen molar-refractivity contribution < 1.29 is 13.9 Å². The quantitative estimate of drug-likeness (QED) is 0.484. The van der Waals surface area contributed by atoms with Crippen LogP contribution in [-0.4, -0.2) is 24.7 Å². The fourth-order valence-corrected chi connectivity index (χ4v) is 2.68. The van der Waals surface area contributed by atoms with E-state index in [-0.39, 0.29) is 18.4 Å². The van der Waals surface area contributed by atoms with Crippen LogP contribution in [-0.2, 0) is 0 Å². The Morgan fingerprint density at radius 1 is 1.19 bits per heavy atom. The van der Waals surface area contributed by atoms with Crippen molar-refractivity contribution in [3.63, 3.8) is 0 Å². The predicted octanol–water partition coefficient (Wildman–Crippen LogP) is 3.53. The molecule has 5 nitrogen and oxygen atoms in total. The van der Waals surface area contributed by atoms with E-state index in [2.05, 4.69) is 15.6 Å². The first-order valence-electron chi connectivity index (χ1n) is 8.46. The number of guanidine groups is 1. The molecule has 0 bridgehead atoms. The van der Waals surface area contributed by atoms with E-state index in [9.17, 15) is 9.50 Å². The number of aliphatic hydroxyl groups excluding tert-OH is 1. The van der Waals surface area contributed by atoms with Crippen LogP contribution in [0.5, 0.6) is 0 Å². The summed E-state index contributed by atoms with van der Waals surface area (Å²) >= 11 is 0. The lowest BCUT2D eigenvalue weighted by molar-refractivity contribution is 0.180. The van der Waals surface area contributed by atoms with Crippen LogP contribution in [0.15, 0.2) is 64.0 Å². The van der Waals surface area contributed by atoms with Gasteiger partial charge in [0, 0.05) is 19.0 Å². The van der Waals surface area contributed by atoms with Gasteiger partial charge >= 0.3 is 0 Å². The summed E-state index contributed by atoms with van der Waals surface area (Å²) in [6.45, 7) is 2.22. The highest BCUT2D eigenvalue weighted by atomic mass is 19.1. The van der Waals surface area contributed by atoms with Gasteiger partial charge in [-0.25, -0.2) is 4.39 Å². The molecule has 0 fully saturated rings. The molecule has 1 aromatic heterocycles. The van der Waals surface area contributed by atoms with Crippen LogP contribution in [0.3, 0.4) is 0 Å². The minimum absolute atomic E-state index is 0.100. The number of fused-ring (bicyclic) bond motifs is 1. The van der Waals surface area contributed by atoms with Gasteiger partial charge in [-0.05, 0) is 36.8 Å². The fourth-order valence-electron chi connectivity index (χ4n) is 2.68. The van der Waals surface area contributed by atoms with Crippen LogP contribution in [0.4, 0.5) is 4.39 Å². The number of nitrogens with zero attached hydrogens (tertiary/aromatic N) is 1. The van der Waals surface area contributed by atoms with Crippen molar-refractivity contribution in [2.75, 3.05) is 13.6 Å². The Bertz CT molecular complexity index is 856. The van der Waals surface area contributed by atoms with Crippen molar-refractivity contribution in [2.45, 2.75) is 19.1 Å². The summed E-state index contributed by atoms with van der Waals surface area (Å²) in [5.74, 6) is 1.01. The number of nitrogens with one attached hydrogen (secondary N) is 2. The molecule has 0 saturated carbocycles. The first-order chi connectivity index (χ1) is 12.6. The molecule has 0 aliphatic carbocycles. The zero-order chi connectivity index (χ0) is 18.5. The molecule has 3 rings (SSSR count). The zero-order valence-electron chi connectivity index (χ0n) is 14.7. The van der Waals surface area contributed by atoms with Gasteiger partial charge in [0.2, 0.25) is 0 Å². The van der Waals surface area contributed by atoms with E-state index in [4.69, 9.17) is 4.42 Å². The molecule has 2 unspecified atom stereocenters. The third-order valence-electron chi connectivity index (χ3n) is 4.17. The van der Waals surface area contributed by atoms with Gasteiger partial charge in [-0.2, -0.15) is 0 Å². The highest BCUT2D eigenvalue weighted by Crippen LogP contribution is 2.23. The van der Waals surface area contributed by atoms with Crippen molar-refractivity contribution in [1.82, 2.24) is 10.6 Å². The van der Waals surface area contributed by atoms with Crippen molar-refractivity contribution in [2.24, 2.45) is 4.99 Å². The Hall–Kier alpha value is -2.86. The molecule has 2 aromatic carbocycles. The highest BCUT2D eigenvalue weighted by molar-refractivity contribution is 5.81. The van der Waals surface area contributed by atoms with Gasteiger partial charge in [0.25, 0.3) is 0 Å². The zero-order valence-corrected chi connectivity index (χ0v) is 14.7. The van der Waals surface area contributed by atoms with E-state index in [0.717, 1.165) is 16.7 Å². The number of benzene rings is 2. The minimum Gasteiger partial charge on any atom is -0.459 e. The maximum atomic E-state index is 13.0. The standard InChI is InChI=1S/C20H22FN3O2/c1-13(19-11-15-5-3-4-6-18(15)26-19)24-20(22-2)23-12-17(25)14-7-9-16(21)10-8-14/h3-11,13,17,25H,12H2,1-2H3,(H2,22,23,24). The number of hydrogen-bond acceptors (Lipinski definition) is 3. The van der Waals surface area contributed by atoms with Gasteiger partial charge in [0.15, 0.2) is 5.96 Å². The lowest BCUT2D eigenvalue weighted by Crippen LogP contribution is -2.40. The molecule has 6 heteroatoms. The van der Waals surface area contributed by atoms with E-state index < -0.39 is 6.10 Å². The Morgan fingerprint density at radius 2 is 1.92 bits per heavy atom. The van der Waals surface area contributed by atoms with E-state index in [1.807, 2.05) is 37.3 Å². The van der Waals surface area contributed by atoms with Crippen molar-refractivity contribution in [3.05, 3.63) is 71.7 Å². The molecule has 0 amide bonds. The summed E-state index contributed by atoms with van der Waals surface area (Å²) in [5, 5.41) is 17.6. The third-order valence-corrected chi connectivity index (χ3v) is 4.17. The van der Waals surface area contributed by atoms with E-state index in [1.165, 1.54) is 12.1 Å². The summed E-state index contributed by atoms with van der Waals surface area (Å²) in [6.07, 6.45) is -0.768. The summed E-state index contributed by atoms with van der Waals surface area (Å²) in [4.78, 5) is 4.17. The van der Waals surface area contributed by atoms with Gasteiger partial charge in [-0.15, -0.1) is 0 Å².